The smallest absolute Gasteiger partial charge is 0.181 e. The molecule has 1 aromatic heterocycles. The van der Waals surface area contributed by atoms with Crippen LogP contribution in [0.3, 0.4) is 0 Å². The number of ether oxygens (including phenoxy) is 1. The molecule has 33 heavy (non-hydrogen) atoms. The van der Waals surface area contributed by atoms with Crippen molar-refractivity contribution < 1.29 is 17.6 Å². The zero-order valence-corrected chi connectivity index (χ0v) is 21.8. The van der Waals surface area contributed by atoms with Gasteiger partial charge in [0.25, 0.3) is 0 Å². The third-order valence-electron chi connectivity index (χ3n) is 5.49. The van der Waals surface area contributed by atoms with Crippen molar-refractivity contribution in [2.24, 2.45) is 0 Å². The van der Waals surface area contributed by atoms with Crippen LogP contribution in [0.15, 0.2) is 47.2 Å². The second-order valence-electron chi connectivity index (χ2n) is 8.44. The molecule has 0 saturated heterocycles. The molecule has 0 N–H and O–H groups in total. The lowest BCUT2D eigenvalue weighted by molar-refractivity contribution is 0.269. The van der Waals surface area contributed by atoms with Crippen molar-refractivity contribution in [1.82, 2.24) is 4.98 Å². The van der Waals surface area contributed by atoms with Crippen LogP contribution in [0.5, 0.6) is 5.75 Å². The minimum Gasteiger partial charge on any atom is -0.486 e. The molecule has 0 bridgehead atoms. The van der Waals surface area contributed by atoms with E-state index >= 15 is 0 Å². The van der Waals surface area contributed by atoms with Crippen molar-refractivity contribution in [3.63, 3.8) is 0 Å². The second kappa shape index (κ2) is 10.7. The predicted molar refractivity (Wildman–Crippen MR) is 133 cm³/mol. The molecule has 0 saturated carbocycles. The lowest BCUT2D eigenvalue weighted by atomic mass is 9.78. The largest absolute Gasteiger partial charge is 0.486 e. The summed E-state index contributed by atoms with van der Waals surface area (Å²) in [4.78, 5) is 3.98. The van der Waals surface area contributed by atoms with Crippen LogP contribution in [0.2, 0.25) is 10.0 Å². The van der Waals surface area contributed by atoms with E-state index in [1.807, 2.05) is 36.4 Å². The maximum Gasteiger partial charge on any atom is 0.181 e. The predicted octanol–water partition coefficient (Wildman–Crippen LogP) is 6.60. The number of benzene rings is 2. The molecule has 3 rings (SSSR count). The minimum atomic E-state index is -3.22. The molecule has 0 spiro atoms. The molecule has 0 radical (unpaired) electrons. The summed E-state index contributed by atoms with van der Waals surface area (Å²) in [6, 6.07) is 11.6. The van der Waals surface area contributed by atoms with Gasteiger partial charge in [-0.1, -0.05) is 49.2 Å². The van der Waals surface area contributed by atoms with Crippen molar-refractivity contribution in [2.75, 3.05) is 12.1 Å². The fourth-order valence-electron chi connectivity index (χ4n) is 3.51. The molecule has 0 aliphatic carbocycles. The van der Waals surface area contributed by atoms with Crippen LogP contribution in [0, 0.1) is 0 Å². The highest BCUT2D eigenvalue weighted by molar-refractivity contribution is 7.89. The Kier molecular flexibility index (Phi) is 8.38. The first-order chi connectivity index (χ1) is 15.5. The first-order valence-corrected chi connectivity index (χ1v) is 13.7. The number of sulfone groups is 1. The molecular weight excluding hydrogens is 505 g/mol. The van der Waals surface area contributed by atoms with Crippen LogP contribution in [-0.4, -0.2) is 25.5 Å². The van der Waals surface area contributed by atoms with E-state index in [1.54, 1.807) is 0 Å². The quantitative estimate of drug-likeness (QED) is 0.276. The SMILES string of the molecule is CC(C)(c1ccc(OCc2ocnc2CS(C)(=O)=O)cc1)c1cc(Cl)c(CCCCl)c(Cl)c1. The third-order valence-corrected chi connectivity index (χ3v) is 7.23. The fraction of sp³-hybridized carbons (Fsp3) is 0.375. The lowest BCUT2D eigenvalue weighted by Crippen LogP contribution is -2.19. The van der Waals surface area contributed by atoms with Gasteiger partial charge in [-0.2, -0.15) is 0 Å². The minimum absolute atomic E-state index is 0.0859. The Bertz CT molecular complexity index is 1180. The van der Waals surface area contributed by atoms with Gasteiger partial charge < -0.3 is 9.15 Å². The maximum atomic E-state index is 11.5. The van der Waals surface area contributed by atoms with Gasteiger partial charge in [0.05, 0.1) is 5.75 Å². The molecule has 178 valence electrons. The Hall–Kier alpha value is -1.73. The summed E-state index contributed by atoms with van der Waals surface area (Å²) in [7, 11) is -3.22. The third kappa shape index (κ3) is 6.66. The van der Waals surface area contributed by atoms with E-state index in [1.165, 1.54) is 6.39 Å². The van der Waals surface area contributed by atoms with Gasteiger partial charge in [0.1, 0.15) is 18.1 Å². The fourth-order valence-corrected chi connectivity index (χ4v) is 5.05. The highest BCUT2D eigenvalue weighted by atomic mass is 35.5. The summed E-state index contributed by atoms with van der Waals surface area (Å²) in [5.41, 5.74) is 3.01. The van der Waals surface area contributed by atoms with Gasteiger partial charge in [0.15, 0.2) is 22.0 Å². The summed E-state index contributed by atoms with van der Waals surface area (Å²) in [6.07, 6.45) is 3.93. The van der Waals surface area contributed by atoms with Gasteiger partial charge in [-0.05, 0) is 53.8 Å². The van der Waals surface area contributed by atoms with Crippen molar-refractivity contribution in [3.8, 4) is 5.75 Å². The second-order valence-corrected chi connectivity index (χ2v) is 11.8. The number of alkyl halides is 1. The average molecular weight is 531 g/mol. The highest BCUT2D eigenvalue weighted by Crippen LogP contribution is 2.37. The van der Waals surface area contributed by atoms with Crippen LogP contribution in [0.25, 0.3) is 0 Å². The first kappa shape index (κ1) is 25.9. The lowest BCUT2D eigenvalue weighted by Gasteiger charge is -2.27. The summed E-state index contributed by atoms with van der Waals surface area (Å²) >= 11 is 18.9. The van der Waals surface area contributed by atoms with E-state index in [0.29, 0.717) is 33.1 Å². The number of hydrogen-bond acceptors (Lipinski definition) is 5. The van der Waals surface area contributed by atoms with Crippen LogP contribution >= 0.6 is 34.8 Å². The van der Waals surface area contributed by atoms with Gasteiger partial charge in [-0.3, -0.25) is 0 Å². The average Bonchev–Trinajstić information content (AvgIpc) is 3.17. The molecule has 3 aromatic rings. The Morgan fingerprint density at radius 1 is 1.06 bits per heavy atom. The van der Waals surface area contributed by atoms with E-state index in [4.69, 9.17) is 44.0 Å². The normalized spacial score (nSPS) is 12.2. The topological polar surface area (TPSA) is 69.4 Å². The Morgan fingerprint density at radius 2 is 1.70 bits per heavy atom. The molecule has 0 aliphatic heterocycles. The molecule has 2 aromatic carbocycles. The van der Waals surface area contributed by atoms with Gasteiger partial charge in [-0.15, -0.1) is 11.6 Å². The number of rotatable bonds is 10. The molecule has 0 aliphatic rings. The highest BCUT2D eigenvalue weighted by Gasteiger charge is 2.25. The number of oxazole rings is 1. The number of nitrogens with zero attached hydrogens (tertiary/aromatic N) is 1. The molecule has 0 amide bonds. The Morgan fingerprint density at radius 3 is 2.27 bits per heavy atom. The number of halogens is 3. The van der Waals surface area contributed by atoms with E-state index in [-0.39, 0.29) is 17.8 Å². The summed E-state index contributed by atoms with van der Waals surface area (Å²) in [5, 5.41) is 1.29. The molecule has 1 heterocycles. The molecule has 5 nitrogen and oxygen atoms in total. The maximum absolute atomic E-state index is 11.5. The summed E-state index contributed by atoms with van der Waals surface area (Å²) in [5.74, 6) is 1.39. The molecule has 9 heteroatoms. The van der Waals surface area contributed by atoms with E-state index in [2.05, 4.69) is 18.8 Å². The van der Waals surface area contributed by atoms with E-state index in [9.17, 15) is 8.42 Å². The van der Waals surface area contributed by atoms with Crippen LogP contribution in [0.1, 0.15) is 48.4 Å². The van der Waals surface area contributed by atoms with Crippen LogP contribution < -0.4 is 4.74 Å². The Labute approximate surface area is 209 Å². The van der Waals surface area contributed by atoms with Crippen molar-refractivity contribution >= 4 is 44.6 Å². The molecule has 0 unspecified atom stereocenters. The first-order valence-electron chi connectivity index (χ1n) is 10.4. The van der Waals surface area contributed by atoms with Crippen molar-refractivity contribution in [1.29, 1.82) is 0 Å². The van der Waals surface area contributed by atoms with Crippen molar-refractivity contribution in [3.05, 3.63) is 81.0 Å². The van der Waals surface area contributed by atoms with Crippen LogP contribution in [0.4, 0.5) is 0 Å². The van der Waals surface area contributed by atoms with Gasteiger partial charge in [-0.25, -0.2) is 13.4 Å². The van der Waals surface area contributed by atoms with Crippen LogP contribution in [-0.2, 0) is 34.0 Å². The van der Waals surface area contributed by atoms with Gasteiger partial charge >= 0.3 is 0 Å². The number of aromatic nitrogens is 1. The van der Waals surface area contributed by atoms with Gasteiger partial charge in [0, 0.05) is 27.6 Å². The van der Waals surface area contributed by atoms with Gasteiger partial charge in [0.2, 0.25) is 0 Å². The van der Waals surface area contributed by atoms with E-state index < -0.39 is 9.84 Å². The molecule has 0 atom stereocenters. The molecule has 0 fully saturated rings. The molecular formula is C24H26Cl3NO4S. The number of hydrogen-bond donors (Lipinski definition) is 0. The summed E-state index contributed by atoms with van der Waals surface area (Å²) in [6.45, 7) is 4.30. The van der Waals surface area contributed by atoms with Crippen molar-refractivity contribution in [2.45, 2.75) is 44.5 Å². The Balaban J connectivity index is 1.74. The zero-order chi connectivity index (χ0) is 24.2. The summed E-state index contributed by atoms with van der Waals surface area (Å²) < 4.78 is 34.2. The zero-order valence-electron chi connectivity index (χ0n) is 18.7. The van der Waals surface area contributed by atoms with E-state index in [0.717, 1.165) is 35.8 Å². The monoisotopic (exact) mass is 529 g/mol. The standard InChI is InChI=1S/C24H26Cl3NO4S/c1-24(2,17-11-20(26)19(5-4-10-25)21(27)12-17)16-6-8-18(9-7-16)31-13-23-22(28-15-32-23)14-33(3,29)30/h6-9,11-12,15H,4-5,10,13-14H2,1-3H3.